The molecule has 1 fully saturated rings. The number of hydrogen-bond donors (Lipinski definition) is 4. The zero-order valence-electron chi connectivity index (χ0n) is 61.5. The van der Waals surface area contributed by atoms with Crippen LogP contribution >= 0.6 is 21.6 Å². The van der Waals surface area contributed by atoms with Crippen molar-refractivity contribution in [3.63, 3.8) is 0 Å². The average Bonchev–Trinajstić information content (AvgIpc) is 1.19. The number of amides is 4. The monoisotopic (exact) mass is 1560 g/mol. The van der Waals surface area contributed by atoms with Crippen LogP contribution in [-0.4, -0.2) is 283 Å². The number of anilines is 1. The van der Waals surface area contributed by atoms with Gasteiger partial charge in [0, 0.05) is 77.8 Å². The molecule has 0 aliphatic carbocycles. The van der Waals surface area contributed by atoms with Crippen LogP contribution < -0.4 is 31.2 Å². The lowest BCUT2D eigenvalue weighted by Gasteiger charge is -2.19. The van der Waals surface area contributed by atoms with E-state index in [0.717, 1.165) is 57.5 Å². The largest absolute Gasteiger partial charge is 0.508 e. The number of carbonyl (C=O) groups excluding carboxylic acids is 5. The van der Waals surface area contributed by atoms with Gasteiger partial charge in [-0.05, 0) is 72.1 Å². The van der Waals surface area contributed by atoms with Gasteiger partial charge in [-0.1, -0.05) is 47.1 Å². The molecule has 0 radical (unpaired) electrons. The minimum Gasteiger partial charge on any atom is -0.484 e. The summed E-state index contributed by atoms with van der Waals surface area (Å²) >= 11 is 0. The number of nitrogens with two attached hydrogens (primary N) is 1. The maximum atomic E-state index is 14.0. The molecular formula is C74H98F2N10O21S2. The molecule has 4 aromatic heterocycles. The number of nitriles is 1. The molecule has 35 heteroatoms. The number of carbonyl (C=O) groups is 5. The van der Waals surface area contributed by atoms with Crippen molar-refractivity contribution in [2.75, 3.05) is 216 Å². The van der Waals surface area contributed by atoms with Crippen LogP contribution in [0.15, 0.2) is 91.5 Å². The van der Waals surface area contributed by atoms with Gasteiger partial charge in [0.25, 0.3) is 17.7 Å². The summed E-state index contributed by atoms with van der Waals surface area (Å²) in [6, 6.07) is 18.4. The molecule has 596 valence electrons. The van der Waals surface area contributed by atoms with Crippen LogP contribution in [0.2, 0.25) is 0 Å². The zero-order chi connectivity index (χ0) is 77.4. The van der Waals surface area contributed by atoms with Crippen molar-refractivity contribution in [2.24, 2.45) is 0 Å². The molecule has 2 atom stereocenters. The van der Waals surface area contributed by atoms with Crippen molar-refractivity contribution < 1.29 is 109 Å². The Morgan fingerprint density at radius 2 is 1.17 bits per heavy atom. The molecule has 1 unspecified atom stereocenters. The number of fused-ring (bicyclic) bond motifs is 2. The van der Waals surface area contributed by atoms with Crippen molar-refractivity contribution in [3.8, 4) is 40.0 Å². The molecule has 1 aliphatic heterocycles. The molecule has 1 saturated heterocycles. The summed E-state index contributed by atoms with van der Waals surface area (Å²) in [5.74, 6) is -5.13. The van der Waals surface area contributed by atoms with Gasteiger partial charge in [-0.15, -0.1) is 0 Å². The fourth-order valence-electron chi connectivity index (χ4n) is 10.2. The van der Waals surface area contributed by atoms with Crippen molar-refractivity contribution in [2.45, 2.75) is 50.8 Å². The summed E-state index contributed by atoms with van der Waals surface area (Å²) in [5, 5.41) is 18.4. The Morgan fingerprint density at radius 3 is 1.72 bits per heavy atom. The first-order chi connectivity index (χ1) is 53.2. The summed E-state index contributed by atoms with van der Waals surface area (Å²) in [6.07, 6.45) is 6.94. The average molecular weight is 1570 g/mol. The molecule has 109 heavy (non-hydrogen) atoms. The third kappa shape index (κ3) is 33.8. The number of rotatable bonds is 58. The van der Waals surface area contributed by atoms with Crippen LogP contribution in [0.3, 0.4) is 0 Å². The number of nitrogen functional groups attached to an aromatic ring is 1. The first-order valence-corrected chi connectivity index (χ1v) is 38.3. The molecule has 0 bridgehead atoms. The fourth-order valence-corrected chi connectivity index (χ4v) is 12.2. The Hall–Kier alpha value is -8.32. The summed E-state index contributed by atoms with van der Waals surface area (Å²) in [5.41, 5.74) is 11.6. The highest BCUT2D eigenvalue weighted by Gasteiger charge is 2.47. The van der Waals surface area contributed by atoms with E-state index in [-0.39, 0.29) is 62.0 Å². The lowest BCUT2D eigenvalue weighted by molar-refractivity contribution is -0.131. The first-order valence-electron chi connectivity index (χ1n) is 35.8. The number of nitrogens with one attached hydrogen (secondary N) is 3. The molecule has 6 aromatic rings. The number of nitrogens with zero attached hydrogens (tertiary/aromatic N) is 6. The van der Waals surface area contributed by atoms with E-state index in [1.165, 1.54) is 53.1 Å². The van der Waals surface area contributed by atoms with Crippen LogP contribution in [0.1, 0.15) is 42.2 Å². The number of ether oxygens (including phenoxy) is 16. The van der Waals surface area contributed by atoms with E-state index in [1.807, 2.05) is 30.3 Å². The van der Waals surface area contributed by atoms with Gasteiger partial charge >= 0.3 is 6.16 Å². The Labute approximate surface area is 639 Å². The fraction of sp³-hybridized carbons (Fsp3) is 0.541. The normalized spacial score (nSPS) is 13.5. The smallest absolute Gasteiger partial charge is 0.484 e. The number of hydrogen-bond acceptors (Lipinski definition) is 29. The van der Waals surface area contributed by atoms with Crippen LogP contribution in [0, 0.1) is 11.3 Å². The van der Waals surface area contributed by atoms with E-state index in [1.54, 1.807) is 42.9 Å². The van der Waals surface area contributed by atoms with Gasteiger partial charge in [-0.3, -0.25) is 34.1 Å². The Kier molecular flexibility index (Phi) is 41.9. The van der Waals surface area contributed by atoms with Crippen molar-refractivity contribution >= 4 is 78.9 Å². The first kappa shape index (κ1) is 87.9. The van der Waals surface area contributed by atoms with E-state index in [9.17, 15) is 38.0 Å². The van der Waals surface area contributed by atoms with E-state index in [2.05, 4.69) is 42.8 Å². The van der Waals surface area contributed by atoms with Crippen LogP contribution in [0.25, 0.3) is 44.1 Å². The lowest BCUT2D eigenvalue weighted by atomic mass is 9.98. The molecule has 5 N–H and O–H groups in total. The summed E-state index contributed by atoms with van der Waals surface area (Å²) in [6.45, 7) is 10.4. The predicted octanol–water partition coefficient (Wildman–Crippen LogP) is 6.70. The molecule has 31 nitrogen and oxygen atoms in total. The Balaban J connectivity index is 0.736. The molecule has 1 aliphatic rings. The number of methoxy groups -OCH3 is 1. The standard InChI is InChI=1S/C74H98F2N10O21S2/c1-3-4-16-93-18-20-95-22-24-97-26-28-99-30-32-101-34-36-103-38-39-104-37-35-102-33-31-100-29-27-98-25-23-96-21-19-94-17-15-81-71(90)67(85-68(87)51-106-59-8-10-66-63(44-59)61(12-14-80-66)70(89)83-49-69(88)86-53-74(75,76)45-58(86)46-77)52-109-108-41-40-105-73(91)107-50-57-7-5-55(47-82-57)60-11-13-79-65-9-6-54(42-62(60)65)56-43-64(78)72(92-2)84-48-56/h5-14,42-44,47-48,58,67H,3-4,15-41,45,49-53,78H2,1-2H3,(H,81,90)(H,83,89)(H,85,87)/t58-,67?/m0/s1. The SMILES string of the molecule is CCCCOCCOCCOCCOCCOCCOCCOCCOCCOCCOCCOCCOCCNC(=O)C(CSSCCOC(=O)OCc1ccc(-c2ccnc3ccc(-c4cnc(OC)c(N)c4)cc23)cn1)NC(=O)COc1ccc2nccc(C(=O)NCC(=O)N3CC(F)(F)C[C@H]3C#N)c2c1. The second kappa shape index (κ2) is 52.0. The second-order valence-corrected chi connectivity index (χ2v) is 26.4. The molecule has 0 saturated carbocycles. The Bertz CT molecular complexity index is 3730. The number of aromatic nitrogens is 4. The quantitative estimate of drug-likeness (QED) is 0.0175. The lowest BCUT2D eigenvalue weighted by Crippen LogP contribution is -2.50. The van der Waals surface area contributed by atoms with E-state index < -0.39 is 73.9 Å². The number of benzene rings is 2. The maximum Gasteiger partial charge on any atom is 0.508 e. The van der Waals surface area contributed by atoms with Crippen LogP contribution in [-0.2, 0) is 87.3 Å². The topological polar surface area (TPSA) is 374 Å². The number of likely N-dealkylation sites (tertiary alicyclic amines) is 1. The highest BCUT2D eigenvalue weighted by Crippen LogP contribution is 2.34. The molecule has 0 spiro atoms. The van der Waals surface area contributed by atoms with Crippen LogP contribution in [0.4, 0.5) is 19.3 Å². The second-order valence-electron chi connectivity index (χ2n) is 23.8. The third-order valence-corrected chi connectivity index (χ3v) is 18.1. The van der Waals surface area contributed by atoms with Gasteiger partial charge in [0.15, 0.2) is 6.61 Å². The van der Waals surface area contributed by atoms with Gasteiger partial charge in [-0.25, -0.2) is 18.6 Å². The van der Waals surface area contributed by atoms with Crippen molar-refractivity contribution in [1.29, 1.82) is 5.26 Å². The minimum absolute atomic E-state index is 0.0395. The van der Waals surface area contributed by atoms with Gasteiger partial charge in [0.2, 0.25) is 17.7 Å². The highest BCUT2D eigenvalue weighted by molar-refractivity contribution is 8.76. The predicted molar refractivity (Wildman–Crippen MR) is 400 cm³/mol. The summed E-state index contributed by atoms with van der Waals surface area (Å²) in [4.78, 5) is 84.3. The summed E-state index contributed by atoms with van der Waals surface area (Å²) < 4.78 is 116. The number of halogens is 2. The van der Waals surface area contributed by atoms with Gasteiger partial charge in [0.1, 0.15) is 31.0 Å². The minimum atomic E-state index is -3.23. The molecule has 7 rings (SSSR count). The van der Waals surface area contributed by atoms with Gasteiger partial charge in [-0.2, -0.15) is 5.26 Å². The zero-order valence-corrected chi connectivity index (χ0v) is 63.1. The van der Waals surface area contributed by atoms with E-state index in [0.29, 0.717) is 161 Å². The third-order valence-electron chi connectivity index (χ3n) is 15.7. The molecule has 4 amide bonds. The molecule has 2 aromatic carbocycles. The van der Waals surface area contributed by atoms with Crippen molar-refractivity contribution in [1.82, 2.24) is 40.8 Å². The number of unbranched alkanes of at least 4 members (excludes halogenated alkanes) is 1. The summed E-state index contributed by atoms with van der Waals surface area (Å²) in [7, 11) is 4.03. The van der Waals surface area contributed by atoms with Crippen LogP contribution in [0.5, 0.6) is 11.6 Å². The van der Waals surface area contributed by atoms with Gasteiger partial charge in [0.05, 0.1) is 206 Å². The number of alkyl halides is 2. The van der Waals surface area contributed by atoms with Gasteiger partial charge < -0.3 is 102 Å². The molecule has 5 heterocycles. The van der Waals surface area contributed by atoms with E-state index in [4.69, 9.17) is 81.5 Å². The van der Waals surface area contributed by atoms with E-state index >= 15 is 0 Å². The number of pyridine rings is 4. The highest BCUT2D eigenvalue weighted by atomic mass is 33.1. The van der Waals surface area contributed by atoms with Crippen molar-refractivity contribution in [3.05, 3.63) is 103 Å². The molecular weight excluding hydrogens is 1470 g/mol. The maximum absolute atomic E-state index is 14.0. The Morgan fingerprint density at radius 1 is 0.615 bits per heavy atom.